The molecule has 1 aliphatic heterocycles. The Kier molecular flexibility index (Phi) is 15.2. The van der Waals surface area contributed by atoms with Gasteiger partial charge in [0.1, 0.15) is 35.4 Å². The van der Waals surface area contributed by atoms with E-state index in [0.717, 1.165) is 11.1 Å². The molecule has 0 amide bonds. The van der Waals surface area contributed by atoms with Crippen LogP contribution in [0.25, 0.3) is 0 Å². The maximum Gasteiger partial charge on any atom is 0.338 e. The van der Waals surface area contributed by atoms with Crippen molar-refractivity contribution in [2.45, 2.75) is 194 Å². The lowest BCUT2D eigenvalue weighted by atomic mass is 9.79. The number of rotatable bonds is 13. The molecule has 8 nitrogen and oxygen atoms in total. The van der Waals surface area contributed by atoms with Gasteiger partial charge in [0.2, 0.25) is 6.29 Å². The van der Waals surface area contributed by atoms with Gasteiger partial charge in [0, 0.05) is 5.56 Å². The Morgan fingerprint density at radius 3 is 1.60 bits per heavy atom. The number of benzene rings is 1. The van der Waals surface area contributed by atoms with Crippen molar-refractivity contribution in [1.29, 1.82) is 0 Å². The molecule has 1 aromatic rings. The van der Waals surface area contributed by atoms with Crippen molar-refractivity contribution in [3.63, 3.8) is 0 Å². The Morgan fingerprint density at radius 2 is 1.21 bits per heavy atom. The van der Waals surface area contributed by atoms with Gasteiger partial charge in [-0.3, -0.25) is 0 Å². The van der Waals surface area contributed by atoms with Crippen LogP contribution in [-0.4, -0.2) is 78.7 Å². The number of ether oxygens (including phenoxy) is 3. The topological polar surface area (TPSA) is 81.7 Å². The van der Waals surface area contributed by atoms with E-state index in [-0.39, 0.29) is 39.5 Å². The molecule has 13 heteroatoms. The fourth-order valence-corrected chi connectivity index (χ4v) is 9.97. The van der Waals surface area contributed by atoms with E-state index in [1.165, 1.54) is 6.08 Å². The molecule has 306 valence electrons. The summed E-state index contributed by atoms with van der Waals surface area (Å²) in [7, 11) is -7.36. The van der Waals surface area contributed by atoms with Gasteiger partial charge in [0.05, 0.1) is 6.61 Å². The van der Waals surface area contributed by atoms with Gasteiger partial charge in [0.25, 0.3) is 0 Å². The van der Waals surface area contributed by atoms with E-state index in [4.69, 9.17) is 31.9 Å². The molecule has 1 aromatic carbocycles. The molecule has 0 aliphatic carbocycles. The Morgan fingerprint density at radius 1 is 0.774 bits per heavy atom. The SMILES string of the molecule is C=CCOC(=O)[C@H]1O[C@@H](Oc2c(C)c(C)c(C(C)(C)C)c(CO[SiH3])c2F)[C@H](O[Si](C)(C)C(C)(C)C)[C@@H](O[Si](C)(C)C(C)(C)C)[C@H]1O[Si](C)(C)C(C)(C)C. The third-order valence-corrected chi connectivity index (χ3v) is 25.8. The Labute approximate surface area is 328 Å². The molecule has 0 saturated carbocycles. The zero-order valence-corrected chi connectivity index (χ0v) is 42.2. The van der Waals surface area contributed by atoms with Gasteiger partial charge >= 0.3 is 5.97 Å². The quantitative estimate of drug-likeness (QED) is 0.111. The third-order valence-electron chi connectivity index (χ3n) is 12.1. The number of halogens is 1. The summed E-state index contributed by atoms with van der Waals surface area (Å²) in [6.07, 6.45) is -3.60. The van der Waals surface area contributed by atoms with E-state index < -0.39 is 67.4 Å². The monoisotopic (exact) mass is 814 g/mol. The van der Waals surface area contributed by atoms with Crippen molar-refractivity contribution < 1.29 is 41.1 Å². The van der Waals surface area contributed by atoms with E-state index >= 15 is 4.39 Å². The minimum atomic E-state index is -2.61. The molecule has 0 bridgehead atoms. The average Bonchev–Trinajstić information content (AvgIpc) is 2.96. The largest absolute Gasteiger partial charge is 0.459 e. The summed E-state index contributed by atoms with van der Waals surface area (Å²) < 4.78 is 63.9. The van der Waals surface area contributed by atoms with Crippen LogP contribution in [0.3, 0.4) is 0 Å². The first-order chi connectivity index (χ1) is 23.7. The summed E-state index contributed by atoms with van der Waals surface area (Å²) in [6.45, 7) is 46.4. The molecule has 0 spiro atoms. The van der Waals surface area contributed by atoms with E-state index in [1.807, 2.05) is 13.8 Å². The van der Waals surface area contributed by atoms with Crippen molar-refractivity contribution in [2.75, 3.05) is 6.61 Å². The molecule has 0 unspecified atom stereocenters. The van der Waals surface area contributed by atoms with Gasteiger partial charge in [-0.05, 0) is 90.3 Å². The lowest BCUT2D eigenvalue weighted by Gasteiger charge is -2.53. The van der Waals surface area contributed by atoms with Gasteiger partial charge < -0.3 is 31.9 Å². The fourth-order valence-electron chi connectivity index (χ4n) is 5.80. The molecule has 53 heavy (non-hydrogen) atoms. The summed E-state index contributed by atoms with van der Waals surface area (Å²) in [5.41, 5.74) is 2.55. The highest BCUT2D eigenvalue weighted by atomic mass is 28.4. The standard InChI is InChI=1S/C40H75FO8Si4/c1-22-23-43-35(42)33-31(47-51(16,17)38(7,8)9)32(48-52(18,19)39(10,11)12)34(49-53(20,21)40(13,14)15)36(46-33)45-30-26(3)25(2)28(37(4,5)6)27(24-44-50)29(30)41/h22,31-34,36H,1,23-24H2,2-21,50H3/t31-,32+,33+,34-,36-/m1/s1. The Balaban J connectivity index is 3.10. The van der Waals surface area contributed by atoms with E-state index in [9.17, 15) is 4.79 Å². The number of hydrogen-bond donors (Lipinski definition) is 0. The van der Waals surface area contributed by atoms with Crippen LogP contribution in [0.15, 0.2) is 12.7 Å². The molecule has 1 saturated heterocycles. The van der Waals surface area contributed by atoms with Gasteiger partial charge in [-0.1, -0.05) is 95.7 Å². The molecule has 1 heterocycles. The predicted molar refractivity (Wildman–Crippen MR) is 226 cm³/mol. The van der Waals surface area contributed by atoms with Crippen LogP contribution in [0, 0.1) is 19.7 Å². The van der Waals surface area contributed by atoms with Crippen LogP contribution in [0.5, 0.6) is 5.75 Å². The van der Waals surface area contributed by atoms with Crippen molar-refractivity contribution in [1.82, 2.24) is 0 Å². The summed E-state index contributed by atoms with van der Waals surface area (Å²) in [4.78, 5) is 14.2. The van der Waals surface area contributed by atoms with Gasteiger partial charge in [-0.2, -0.15) is 0 Å². The first kappa shape index (κ1) is 48.0. The molecule has 0 N–H and O–H groups in total. The molecule has 1 aliphatic rings. The third kappa shape index (κ3) is 10.8. The minimum Gasteiger partial charge on any atom is -0.459 e. The molecule has 5 atom stereocenters. The van der Waals surface area contributed by atoms with Crippen LogP contribution < -0.4 is 4.74 Å². The zero-order valence-electron chi connectivity index (χ0n) is 37.2. The second-order valence-electron chi connectivity index (χ2n) is 20.4. The highest BCUT2D eigenvalue weighted by Gasteiger charge is 2.59. The van der Waals surface area contributed by atoms with Crippen molar-refractivity contribution in [2.24, 2.45) is 0 Å². The molecule has 0 aromatic heterocycles. The van der Waals surface area contributed by atoms with Crippen LogP contribution in [0.1, 0.15) is 105 Å². The molecule has 0 radical (unpaired) electrons. The van der Waals surface area contributed by atoms with Gasteiger partial charge in [0.15, 0.2) is 42.6 Å². The van der Waals surface area contributed by atoms with Crippen molar-refractivity contribution in [3.05, 3.63) is 40.7 Å². The molecular formula is C40H75FO8Si4. The lowest BCUT2D eigenvalue weighted by molar-refractivity contribution is -0.263. The number of esters is 1. The Bertz CT molecular complexity index is 1450. The van der Waals surface area contributed by atoms with Crippen LogP contribution in [0.4, 0.5) is 4.39 Å². The van der Waals surface area contributed by atoms with Crippen molar-refractivity contribution >= 4 is 41.4 Å². The van der Waals surface area contributed by atoms with Gasteiger partial charge in [-0.15, -0.1) is 0 Å². The van der Waals surface area contributed by atoms with Crippen LogP contribution in [0.2, 0.25) is 54.4 Å². The second-order valence-corrected chi connectivity index (χ2v) is 35.3. The second kappa shape index (κ2) is 16.7. The zero-order chi connectivity index (χ0) is 41.5. The molecule has 1 fully saturated rings. The maximum absolute atomic E-state index is 17.1. The average molecular weight is 815 g/mol. The number of hydrogen-bond acceptors (Lipinski definition) is 8. The normalized spacial score (nSPS) is 22.5. The van der Waals surface area contributed by atoms with Gasteiger partial charge in [-0.25, -0.2) is 9.18 Å². The number of carbonyl (C=O) groups is 1. The minimum absolute atomic E-state index is 0.0143. The van der Waals surface area contributed by atoms with E-state index in [2.05, 4.69) is 129 Å². The first-order valence-corrected chi connectivity index (χ1v) is 28.6. The van der Waals surface area contributed by atoms with E-state index in [0.29, 0.717) is 21.6 Å². The smallest absolute Gasteiger partial charge is 0.338 e. The first-order valence-electron chi connectivity index (χ1n) is 19.1. The van der Waals surface area contributed by atoms with Crippen LogP contribution >= 0.6 is 0 Å². The summed E-state index contributed by atoms with van der Waals surface area (Å²) in [5.74, 6) is -1.08. The molecular weight excluding hydrogens is 740 g/mol. The van der Waals surface area contributed by atoms with E-state index in [1.54, 1.807) is 0 Å². The predicted octanol–water partition coefficient (Wildman–Crippen LogP) is 9.54. The Hall–Kier alpha value is -1.17. The molecule has 2 rings (SSSR count). The highest BCUT2D eigenvalue weighted by molar-refractivity contribution is 6.75. The summed E-state index contributed by atoms with van der Waals surface area (Å²) in [6, 6.07) is 0. The van der Waals surface area contributed by atoms with Crippen molar-refractivity contribution in [3.8, 4) is 5.75 Å². The maximum atomic E-state index is 17.1. The highest BCUT2D eigenvalue weighted by Crippen LogP contribution is 2.47. The number of carbonyl (C=O) groups excluding carboxylic acids is 1. The van der Waals surface area contributed by atoms with Crippen LogP contribution in [-0.2, 0) is 44.0 Å². The fraction of sp³-hybridized carbons (Fsp3) is 0.775. The lowest BCUT2D eigenvalue weighted by Crippen LogP contribution is -2.69. The summed E-state index contributed by atoms with van der Waals surface area (Å²) >= 11 is 0. The summed E-state index contributed by atoms with van der Waals surface area (Å²) in [5, 5.41) is -0.624.